The number of carbonyl (C=O) groups is 2. The first-order chi connectivity index (χ1) is 17.5. The number of pyridine rings is 1. The number of benzene rings is 2. The summed E-state index contributed by atoms with van der Waals surface area (Å²) in [7, 11) is 0. The van der Waals surface area contributed by atoms with Crippen molar-refractivity contribution in [2.24, 2.45) is 5.73 Å². The Labute approximate surface area is 209 Å². The van der Waals surface area contributed by atoms with Crippen LogP contribution in [0.1, 0.15) is 43.0 Å². The zero-order valence-electron chi connectivity index (χ0n) is 20.4. The molecule has 2 aromatic carbocycles. The SMILES string of the molecule is CCOC(=O)CNc1c(-c2ccc3ccccc3c2)nc2c(C(=O)NC3CCC(N)CC3)cccn12. The van der Waals surface area contributed by atoms with Gasteiger partial charge in [-0.05, 0) is 61.6 Å². The molecule has 2 aromatic heterocycles. The minimum Gasteiger partial charge on any atom is -0.465 e. The van der Waals surface area contributed by atoms with Gasteiger partial charge in [0.2, 0.25) is 0 Å². The fourth-order valence-electron chi connectivity index (χ4n) is 4.85. The molecule has 1 fully saturated rings. The number of hydrogen-bond acceptors (Lipinski definition) is 6. The number of nitrogens with zero attached hydrogens (tertiary/aromatic N) is 2. The Bertz CT molecular complexity index is 1410. The summed E-state index contributed by atoms with van der Waals surface area (Å²) in [4.78, 5) is 30.3. The molecule has 0 saturated heterocycles. The first-order valence-corrected chi connectivity index (χ1v) is 12.5. The highest BCUT2D eigenvalue weighted by atomic mass is 16.5. The summed E-state index contributed by atoms with van der Waals surface area (Å²) in [5, 5.41) is 8.57. The van der Waals surface area contributed by atoms with Gasteiger partial charge in [-0.15, -0.1) is 0 Å². The van der Waals surface area contributed by atoms with Crippen LogP contribution in [-0.2, 0) is 9.53 Å². The number of ether oxygens (including phenoxy) is 1. The number of esters is 1. The highest BCUT2D eigenvalue weighted by Gasteiger charge is 2.24. The van der Waals surface area contributed by atoms with E-state index in [2.05, 4.69) is 28.8 Å². The van der Waals surface area contributed by atoms with E-state index in [-0.39, 0.29) is 30.5 Å². The van der Waals surface area contributed by atoms with Crippen LogP contribution in [0.25, 0.3) is 27.7 Å². The summed E-state index contributed by atoms with van der Waals surface area (Å²) in [5.74, 6) is 0.112. The molecule has 5 rings (SSSR count). The van der Waals surface area contributed by atoms with Crippen LogP contribution in [0.2, 0.25) is 0 Å². The van der Waals surface area contributed by atoms with Gasteiger partial charge in [0.15, 0.2) is 5.65 Å². The molecular weight excluding hydrogens is 454 g/mol. The lowest BCUT2D eigenvalue weighted by Crippen LogP contribution is -2.40. The van der Waals surface area contributed by atoms with Gasteiger partial charge >= 0.3 is 5.97 Å². The topological polar surface area (TPSA) is 111 Å². The molecule has 4 N–H and O–H groups in total. The molecule has 36 heavy (non-hydrogen) atoms. The number of imidazole rings is 1. The molecule has 2 heterocycles. The van der Waals surface area contributed by atoms with Crippen molar-refractivity contribution in [2.75, 3.05) is 18.5 Å². The van der Waals surface area contributed by atoms with Gasteiger partial charge in [-0.2, -0.15) is 0 Å². The first-order valence-electron chi connectivity index (χ1n) is 12.5. The first kappa shape index (κ1) is 23.8. The highest BCUT2D eigenvalue weighted by molar-refractivity contribution is 6.01. The molecule has 186 valence electrons. The van der Waals surface area contributed by atoms with Crippen LogP contribution in [0.5, 0.6) is 0 Å². The number of anilines is 1. The van der Waals surface area contributed by atoms with Crippen molar-refractivity contribution >= 4 is 34.1 Å². The summed E-state index contributed by atoms with van der Waals surface area (Å²) >= 11 is 0. The molecule has 4 aromatic rings. The summed E-state index contributed by atoms with van der Waals surface area (Å²) in [6, 6.07) is 18.2. The smallest absolute Gasteiger partial charge is 0.325 e. The highest BCUT2D eigenvalue weighted by Crippen LogP contribution is 2.32. The van der Waals surface area contributed by atoms with E-state index in [1.807, 2.05) is 40.9 Å². The van der Waals surface area contributed by atoms with Gasteiger partial charge in [-0.1, -0.05) is 36.4 Å². The van der Waals surface area contributed by atoms with E-state index in [0.29, 0.717) is 29.3 Å². The lowest BCUT2D eigenvalue weighted by molar-refractivity contribution is -0.140. The minimum absolute atomic E-state index is 0.0129. The average Bonchev–Trinajstić information content (AvgIpc) is 3.27. The molecule has 1 aliphatic carbocycles. The van der Waals surface area contributed by atoms with Crippen molar-refractivity contribution in [1.29, 1.82) is 0 Å². The third kappa shape index (κ3) is 4.90. The fraction of sp³-hybridized carbons (Fsp3) is 0.321. The number of rotatable bonds is 7. The average molecular weight is 486 g/mol. The van der Waals surface area contributed by atoms with Crippen molar-refractivity contribution in [1.82, 2.24) is 14.7 Å². The molecule has 8 heteroatoms. The van der Waals surface area contributed by atoms with Gasteiger partial charge in [0.25, 0.3) is 5.91 Å². The van der Waals surface area contributed by atoms with E-state index in [0.717, 1.165) is 42.0 Å². The predicted octanol–water partition coefficient (Wildman–Crippen LogP) is 4.13. The van der Waals surface area contributed by atoms with Crippen molar-refractivity contribution in [3.8, 4) is 11.3 Å². The summed E-state index contributed by atoms with van der Waals surface area (Å²) in [6.07, 6.45) is 5.41. The zero-order valence-corrected chi connectivity index (χ0v) is 20.4. The van der Waals surface area contributed by atoms with Crippen LogP contribution in [0.15, 0.2) is 60.8 Å². The Hall–Kier alpha value is -3.91. The van der Waals surface area contributed by atoms with Gasteiger partial charge < -0.3 is 21.1 Å². The van der Waals surface area contributed by atoms with Crippen LogP contribution in [0, 0.1) is 0 Å². The number of nitrogens with two attached hydrogens (primary N) is 1. The van der Waals surface area contributed by atoms with Crippen LogP contribution in [0.3, 0.4) is 0 Å². The van der Waals surface area contributed by atoms with Crippen LogP contribution in [0.4, 0.5) is 5.82 Å². The number of amides is 1. The van der Waals surface area contributed by atoms with Gasteiger partial charge in [0.1, 0.15) is 18.1 Å². The molecule has 0 spiro atoms. The maximum Gasteiger partial charge on any atom is 0.325 e. The van der Waals surface area contributed by atoms with E-state index < -0.39 is 0 Å². The fourth-order valence-corrected chi connectivity index (χ4v) is 4.85. The Morgan fingerprint density at radius 3 is 2.61 bits per heavy atom. The van der Waals surface area contributed by atoms with E-state index in [1.54, 1.807) is 13.0 Å². The predicted molar refractivity (Wildman–Crippen MR) is 141 cm³/mol. The maximum atomic E-state index is 13.3. The molecular formula is C28H31N5O3. The van der Waals surface area contributed by atoms with E-state index >= 15 is 0 Å². The second kappa shape index (κ2) is 10.4. The van der Waals surface area contributed by atoms with Crippen LogP contribution < -0.4 is 16.4 Å². The quantitative estimate of drug-likeness (QED) is 0.340. The standard InChI is InChI=1S/C28H31N5O3/c1-2-36-24(34)17-30-27-25(20-10-9-18-6-3-4-7-19(18)16-20)32-26-23(8-5-15-33(26)27)28(35)31-22-13-11-21(29)12-14-22/h3-10,15-16,21-22,30H,2,11-14,17,29H2,1H3,(H,31,35). The number of aromatic nitrogens is 2. The molecule has 0 aliphatic heterocycles. The van der Waals surface area contributed by atoms with Crippen LogP contribution >= 0.6 is 0 Å². The number of nitrogens with one attached hydrogen (secondary N) is 2. The lowest BCUT2D eigenvalue weighted by atomic mass is 9.91. The number of fused-ring (bicyclic) bond motifs is 2. The van der Waals surface area contributed by atoms with Gasteiger partial charge in [0, 0.05) is 23.8 Å². The molecule has 1 aliphatic rings. The second-order valence-corrected chi connectivity index (χ2v) is 9.23. The van der Waals surface area contributed by atoms with Crippen molar-refractivity contribution < 1.29 is 14.3 Å². The van der Waals surface area contributed by atoms with E-state index in [9.17, 15) is 9.59 Å². The Kier molecular flexibility index (Phi) is 6.86. The van der Waals surface area contributed by atoms with E-state index in [4.69, 9.17) is 15.5 Å². The number of carbonyl (C=O) groups excluding carboxylic acids is 2. The minimum atomic E-state index is -0.360. The normalized spacial score (nSPS) is 17.7. The summed E-state index contributed by atoms with van der Waals surface area (Å²) in [5.41, 5.74) is 8.58. The molecule has 8 nitrogen and oxygen atoms in total. The van der Waals surface area contributed by atoms with Gasteiger partial charge in [-0.25, -0.2) is 4.98 Å². The Morgan fingerprint density at radius 1 is 1.06 bits per heavy atom. The molecule has 1 saturated carbocycles. The Morgan fingerprint density at radius 2 is 1.83 bits per heavy atom. The van der Waals surface area contributed by atoms with Crippen molar-refractivity contribution in [3.05, 3.63) is 66.4 Å². The van der Waals surface area contributed by atoms with Crippen molar-refractivity contribution in [2.45, 2.75) is 44.7 Å². The van der Waals surface area contributed by atoms with Gasteiger partial charge in [0.05, 0.1) is 12.2 Å². The monoisotopic (exact) mass is 485 g/mol. The molecule has 0 radical (unpaired) electrons. The van der Waals surface area contributed by atoms with E-state index in [1.165, 1.54) is 0 Å². The lowest BCUT2D eigenvalue weighted by Gasteiger charge is -2.26. The molecule has 1 amide bonds. The molecule has 0 unspecified atom stereocenters. The largest absolute Gasteiger partial charge is 0.465 e. The summed E-state index contributed by atoms with van der Waals surface area (Å²) in [6.45, 7) is 2.07. The third-order valence-electron chi connectivity index (χ3n) is 6.73. The van der Waals surface area contributed by atoms with Crippen molar-refractivity contribution in [3.63, 3.8) is 0 Å². The Balaban J connectivity index is 1.54. The summed E-state index contributed by atoms with van der Waals surface area (Å²) < 4.78 is 6.93. The second-order valence-electron chi connectivity index (χ2n) is 9.23. The molecule has 0 bridgehead atoms. The molecule has 0 atom stereocenters. The van der Waals surface area contributed by atoms with Crippen LogP contribution in [-0.4, -0.2) is 46.5 Å². The van der Waals surface area contributed by atoms with Gasteiger partial charge in [-0.3, -0.25) is 14.0 Å². The third-order valence-corrected chi connectivity index (χ3v) is 6.73. The number of hydrogen-bond donors (Lipinski definition) is 3. The zero-order chi connectivity index (χ0) is 25.1. The maximum absolute atomic E-state index is 13.3.